The molecule has 2 heterocycles. The van der Waals surface area contributed by atoms with Crippen LogP contribution in [-0.2, 0) is 14.4 Å². The lowest BCUT2D eigenvalue weighted by Gasteiger charge is -2.37. The number of rotatable bonds is 7. The van der Waals surface area contributed by atoms with Crippen LogP contribution < -0.4 is 16.0 Å². The van der Waals surface area contributed by atoms with Crippen LogP contribution in [0.1, 0.15) is 59.3 Å². The Balaban J connectivity index is 1.77. The minimum atomic E-state index is -4.48. The summed E-state index contributed by atoms with van der Waals surface area (Å²) in [6.07, 6.45) is -0.357. The van der Waals surface area contributed by atoms with Crippen molar-refractivity contribution >= 4 is 17.7 Å². The number of nitrogens with one attached hydrogen (secondary N) is 3. The molecule has 0 aromatic heterocycles. The number of nitrogens with zero attached hydrogens (tertiary/aromatic N) is 2. The molecular weight excluding hydrogens is 463 g/mol. The van der Waals surface area contributed by atoms with E-state index in [-0.39, 0.29) is 30.1 Å². The van der Waals surface area contributed by atoms with Gasteiger partial charge in [-0.15, -0.1) is 0 Å². The number of nitriles is 1. The fourth-order valence-corrected chi connectivity index (χ4v) is 5.76. The SMILES string of the molecule is CC(C)(C)[C@H](NCC(F)(F)F)C(=O)N1C[C@@H]2CCC[C@@H]2[C@H]1C(=O)N[C@H](C#N)C[C@@H]1CCCNC1=O. The number of fused-ring (bicyclic) bond motifs is 1. The number of likely N-dealkylation sites (tertiary alicyclic amines) is 1. The van der Waals surface area contributed by atoms with Crippen molar-refractivity contribution in [3.05, 3.63) is 0 Å². The van der Waals surface area contributed by atoms with Crippen LogP contribution in [0, 0.1) is 34.5 Å². The minimum absolute atomic E-state index is 0.0977. The second-order valence-corrected chi connectivity index (χ2v) is 11.1. The van der Waals surface area contributed by atoms with Crippen LogP contribution in [0.25, 0.3) is 0 Å². The average molecular weight is 500 g/mol. The first-order valence-corrected chi connectivity index (χ1v) is 12.4. The Morgan fingerprint density at radius 2 is 1.91 bits per heavy atom. The van der Waals surface area contributed by atoms with Crippen LogP contribution in [-0.4, -0.2) is 66.6 Å². The second-order valence-electron chi connectivity index (χ2n) is 11.1. The largest absolute Gasteiger partial charge is 0.401 e. The van der Waals surface area contributed by atoms with Crippen LogP contribution >= 0.6 is 0 Å². The van der Waals surface area contributed by atoms with Gasteiger partial charge in [-0.05, 0) is 49.4 Å². The molecule has 3 aliphatic rings. The second kappa shape index (κ2) is 10.7. The summed E-state index contributed by atoms with van der Waals surface area (Å²) in [4.78, 5) is 40.5. The fourth-order valence-electron chi connectivity index (χ4n) is 5.76. The Morgan fingerprint density at radius 1 is 1.20 bits per heavy atom. The normalized spacial score (nSPS) is 28.6. The molecule has 0 radical (unpaired) electrons. The summed E-state index contributed by atoms with van der Waals surface area (Å²) in [7, 11) is 0. The van der Waals surface area contributed by atoms with Crippen molar-refractivity contribution in [2.45, 2.75) is 83.6 Å². The highest BCUT2D eigenvalue weighted by Gasteiger charge is 2.52. The van der Waals surface area contributed by atoms with Crippen molar-refractivity contribution < 1.29 is 27.6 Å². The zero-order valence-corrected chi connectivity index (χ0v) is 20.6. The van der Waals surface area contributed by atoms with Crippen LogP contribution in [0.2, 0.25) is 0 Å². The van der Waals surface area contributed by atoms with E-state index in [1.807, 2.05) is 0 Å². The van der Waals surface area contributed by atoms with E-state index in [1.165, 1.54) is 4.90 Å². The third-order valence-electron chi connectivity index (χ3n) is 7.45. The van der Waals surface area contributed by atoms with Crippen molar-refractivity contribution in [2.24, 2.45) is 23.2 Å². The van der Waals surface area contributed by atoms with Gasteiger partial charge in [0.15, 0.2) is 0 Å². The molecule has 8 nitrogen and oxygen atoms in total. The first-order valence-electron chi connectivity index (χ1n) is 12.4. The number of amides is 3. The quantitative estimate of drug-likeness (QED) is 0.497. The molecule has 3 amide bonds. The molecule has 1 aliphatic carbocycles. The molecule has 0 unspecified atom stereocenters. The molecule has 196 valence electrons. The minimum Gasteiger partial charge on any atom is -0.356 e. The molecule has 0 aromatic carbocycles. The topological polar surface area (TPSA) is 114 Å². The van der Waals surface area contributed by atoms with Gasteiger partial charge in [0.05, 0.1) is 18.7 Å². The third-order valence-corrected chi connectivity index (χ3v) is 7.45. The van der Waals surface area contributed by atoms with E-state index in [2.05, 4.69) is 22.0 Å². The number of hydrogen-bond acceptors (Lipinski definition) is 5. The molecule has 0 aromatic rings. The van der Waals surface area contributed by atoms with E-state index >= 15 is 0 Å². The van der Waals surface area contributed by atoms with Gasteiger partial charge in [0, 0.05) is 19.0 Å². The standard InChI is InChI=1S/C24H36F3N5O3/c1-23(2,3)19(30-13-24(25,26)27)22(35)32-12-15-6-4-8-17(15)18(32)21(34)31-16(11-28)10-14-7-5-9-29-20(14)33/h14-19,30H,4-10,12-13H2,1-3H3,(H,29,33)(H,31,34)/t14-,15-,16-,17-,18-,19+/m0/s1. The lowest BCUT2D eigenvalue weighted by atomic mass is 9.85. The Morgan fingerprint density at radius 3 is 2.51 bits per heavy atom. The van der Waals surface area contributed by atoms with Crippen molar-refractivity contribution in [1.82, 2.24) is 20.9 Å². The Kier molecular flexibility index (Phi) is 8.35. The van der Waals surface area contributed by atoms with Crippen molar-refractivity contribution in [3.63, 3.8) is 0 Å². The van der Waals surface area contributed by atoms with Crippen molar-refractivity contribution in [2.75, 3.05) is 19.6 Å². The van der Waals surface area contributed by atoms with E-state index in [0.717, 1.165) is 25.7 Å². The zero-order chi connectivity index (χ0) is 26.0. The first-order chi connectivity index (χ1) is 16.3. The van der Waals surface area contributed by atoms with Gasteiger partial charge in [0.25, 0.3) is 0 Å². The lowest BCUT2D eigenvalue weighted by molar-refractivity contribution is -0.147. The van der Waals surface area contributed by atoms with Crippen LogP contribution in [0.5, 0.6) is 0 Å². The van der Waals surface area contributed by atoms with Gasteiger partial charge >= 0.3 is 6.18 Å². The molecule has 3 fully saturated rings. The van der Waals surface area contributed by atoms with Gasteiger partial charge in [-0.2, -0.15) is 18.4 Å². The van der Waals surface area contributed by atoms with Gasteiger partial charge < -0.3 is 15.5 Å². The first kappa shape index (κ1) is 27.2. The number of halogens is 3. The zero-order valence-electron chi connectivity index (χ0n) is 20.6. The molecule has 6 atom stereocenters. The summed E-state index contributed by atoms with van der Waals surface area (Å²) in [6.45, 7) is 4.66. The van der Waals surface area contributed by atoms with Gasteiger partial charge in [0.1, 0.15) is 12.1 Å². The van der Waals surface area contributed by atoms with Crippen molar-refractivity contribution in [3.8, 4) is 6.07 Å². The molecular formula is C24H36F3N5O3. The molecule has 2 saturated heterocycles. The highest BCUT2D eigenvalue weighted by molar-refractivity contribution is 5.91. The van der Waals surface area contributed by atoms with Crippen LogP contribution in [0.3, 0.4) is 0 Å². The third kappa shape index (κ3) is 6.66. The van der Waals surface area contributed by atoms with E-state index in [0.29, 0.717) is 19.5 Å². The van der Waals surface area contributed by atoms with E-state index in [1.54, 1.807) is 20.8 Å². The number of carbonyl (C=O) groups excluding carboxylic acids is 3. The summed E-state index contributed by atoms with van der Waals surface area (Å²) in [5.74, 6) is -1.51. The van der Waals surface area contributed by atoms with E-state index in [4.69, 9.17) is 0 Å². The van der Waals surface area contributed by atoms with Crippen LogP contribution in [0.15, 0.2) is 0 Å². The molecule has 0 spiro atoms. The summed E-state index contributed by atoms with van der Waals surface area (Å²) in [6, 6.07) is -0.806. The molecule has 11 heteroatoms. The Labute approximate surface area is 204 Å². The molecule has 3 N–H and O–H groups in total. The molecule has 2 aliphatic heterocycles. The molecule has 35 heavy (non-hydrogen) atoms. The highest BCUT2D eigenvalue weighted by atomic mass is 19.4. The predicted molar refractivity (Wildman–Crippen MR) is 122 cm³/mol. The maximum absolute atomic E-state index is 13.6. The summed E-state index contributed by atoms with van der Waals surface area (Å²) < 4.78 is 38.8. The maximum atomic E-state index is 13.6. The number of piperidine rings is 1. The Bertz CT molecular complexity index is 851. The Hall–Kier alpha value is -2.35. The fraction of sp³-hybridized carbons (Fsp3) is 0.833. The predicted octanol–water partition coefficient (Wildman–Crippen LogP) is 2.10. The van der Waals surface area contributed by atoms with Gasteiger partial charge in [-0.25, -0.2) is 0 Å². The lowest BCUT2D eigenvalue weighted by Crippen LogP contribution is -2.59. The molecule has 0 bridgehead atoms. The maximum Gasteiger partial charge on any atom is 0.401 e. The van der Waals surface area contributed by atoms with Gasteiger partial charge in [-0.1, -0.05) is 27.2 Å². The van der Waals surface area contributed by atoms with E-state index < -0.39 is 48.1 Å². The average Bonchev–Trinajstić information content (AvgIpc) is 3.34. The van der Waals surface area contributed by atoms with Crippen molar-refractivity contribution in [1.29, 1.82) is 5.26 Å². The molecule has 1 saturated carbocycles. The van der Waals surface area contributed by atoms with Gasteiger partial charge in [-0.3, -0.25) is 19.7 Å². The molecule has 3 rings (SSSR count). The number of alkyl halides is 3. The number of hydrogen-bond donors (Lipinski definition) is 3. The van der Waals surface area contributed by atoms with E-state index in [9.17, 15) is 32.8 Å². The monoisotopic (exact) mass is 499 g/mol. The summed E-state index contributed by atoms with van der Waals surface area (Å²) in [5, 5.41) is 17.5. The van der Waals surface area contributed by atoms with Crippen LogP contribution in [0.4, 0.5) is 13.2 Å². The number of carbonyl (C=O) groups is 3. The smallest absolute Gasteiger partial charge is 0.356 e. The van der Waals surface area contributed by atoms with Gasteiger partial charge in [0.2, 0.25) is 17.7 Å². The summed E-state index contributed by atoms with van der Waals surface area (Å²) in [5.41, 5.74) is -0.815. The summed E-state index contributed by atoms with van der Waals surface area (Å²) >= 11 is 0. The highest BCUT2D eigenvalue weighted by Crippen LogP contribution is 2.43.